The van der Waals surface area contributed by atoms with Crippen LogP contribution in [-0.4, -0.2) is 18.7 Å². The van der Waals surface area contributed by atoms with Crippen LogP contribution in [0.4, 0.5) is 13.2 Å². The minimum Gasteiger partial charge on any atom is -0.489 e. The van der Waals surface area contributed by atoms with Gasteiger partial charge in [0.25, 0.3) is 0 Å². The van der Waals surface area contributed by atoms with Crippen molar-refractivity contribution in [1.82, 2.24) is 5.32 Å². The molecule has 100 valence electrons. The molecule has 1 aromatic rings. The van der Waals surface area contributed by atoms with Gasteiger partial charge in [0.2, 0.25) is 0 Å². The van der Waals surface area contributed by atoms with Crippen LogP contribution in [0.25, 0.3) is 0 Å². The summed E-state index contributed by atoms with van der Waals surface area (Å²) >= 11 is 0. The molecule has 1 aromatic carbocycles. The Hall–Kier alpha value is -1.23. The van der Waals surface area contributed by atoms with Gasteiger partial charge in [-0.05, 0) is 50.6 Å². The second-order valence-corrected chi connectivity index (χ2v) is 4.55. The van der Waals surface area contributed by atoms with Crippen LogP contribution >= 0.6 is 0 Å². The number of hydrogen-bond donors (Lipinski definition) is 1. The van der Waals surface area contributed by atoms with Crippen molar-refractivity contribution in [3.8, 4) is 5.75 Å². The first kappa shape index (κ1) is 13.2. The highest BCUT2D eigenvalue weighted by atomic mass is 19.4. The predicted molar refractivity (Wildman–Crippen MR) is 62.6 cm³/mol. The van der Waals surface area contributed by atoms with Gasteiger partial charge in [-0.25, -0.2) is 0 Å². The molecule has 0 aliphatic carbocycles. The molecule has 0 aromatic heterocycles. The number of rotatable bonds is 3. The van der Waals surface area contributed by atoms with Crippen LogP contribution in [0.1, 0.15) is 25.3 Å². The van der Waals surface area contributed by atoms with Crippen molar-refractivity contribution in [2.75, 3.05) is 6.54 Å². The fourth-order valence-corrected chi connectivity index (χ4v) is 2.13. The Morgan fingerprint density at radius 1 is 1.28 bits per heavy atom. The summed E-state index contributed by atoms with van der Waals surface area (Å²) in [5, 5.41) is 3.31. The summed E-state index contributed by atoms with van der Waals surface area (Å²) in [4.78, 5) is 0. The topological polar surface area (TPSA) is 21.3 Å². The van der Waals surface area contributed by atoms with Gasteiger partial charge in [-0.2, -0.15) is 13.2 Å². The number of halogens is 3. The number of nitrogens with one attached hydrogen (secondary N) is 1. The van der Waals surface area contributed by atoms with Gasteiger partial charge < -0.3 is 10.1 Å². The number of alkyl halides is 3. The summed E-state index contributed by atoms with van der Waals surface area (Å²) in [6.07, 6.45) is -2.17. The van der Waals surface area contributed by atoms with Gasteiger partial charge in [0.15, 0.2) is 0 Å². The SMILES string of the molecule is CC(Oc1ccc(C(F)(F)F)cc1)C1CCCN1. The lowest BCUT2D eigenvalue weighted by molar-refractivity contribution is -0.137. The van der Waals surface area contributed by atoms with Crippen LogP contribution in [0.2, 0.25) is 0 Å². The fraction of sp³-hybridized carbons (Fsp3) is 0.538. The molecule has 2 nitrogen and oxygen atoms in total. The van der Waals surface area contributed by atoms with Crippen molar-refractivity contribution < 1.29 is 17.9 Å². The summed E-state index contributed by atoms with van der Waals surface area (Å²) in [5.41, 5.74) is -0.651. The second kappa shape index (κ2) is 5.18. The second-order valence-electron chi connectivity index (χ2n) is 4.55. The minimum atomic E-state index is -4.29. The van der Waals surface area contributed by atoms with Gasteiger partial charge in [-0.3, -0.25) is 0 Å². The van der Waals surface area contributed by atoms with Gasteiger partial charge in [0, 0.05) is 6.04 Å². The van der Waals surface area contributed by atoms with E-state index in [2.05, 4.69) is 5.32 Å². The average Bonchev–Trinajstić information content (AvgIpc) is 2.82. The van der Waals surface area contributed by atoms with Crippen molar-refractivity contribution in [2.24, 2.45) is 0 Å². The highest BCUT2D eigenvalue weighted by molar-refractivity contribution is 5.29. The molecule has 1 fully saturated rings. The molecule has 0 saturated carbocycles. The number of hydrogen-bond acceptors (Lipinski definition) is 2. The molecular weight excluding hydrogens is 243 g/mol. The predicted octanol–water partition coefficient (Wildman–Crippen LogP) is 3.22. The highest BCUT2D eigenvalue weighted by Gasteiger charge is 2.30. The molecule has 2 atom stereocenters. The van der Waals surface area contributed by atoms with Gasteiger partial charge in [-0.1, -0.05) is 0 Å². The molecule has 0 spiro atoms. The van der Waals surface area contributed by atoms with Crippen LogP contribution in [0.15, 0.2) is 24.3 Å². The molecule has 0 bridgehead atoms. The van der Waals surface area contributed by atoms with E-state index in [9.17, 15) is 13.2 Å². The van der Waals surface area contributed by atoms with E-state index in [4.69, 9.17) is 4.74 Å². The molecule has 1 saturated heterocycles. The van der Waals surface area contributed by atoms with Gasteiger partial charge in [0.05, 0.1) is 5.56 Å². The molecule has 2 rings (SSSR count). The third kappa shape index (κ3) is 3.16. The highest BCUT2D eigenvalue weighted by Crippen LogP contribution is 2.30. The lowest BCUT2D eigenvalue weighted by Gasteiger charge is -2.21. The Kier molecular flexibility index (Phi) is 3.80. The van der Waals surface area contributed by atoms with E-state index in [0.717, 1.165) is 31.5 Å². The van der Waals surface area contributed by atoms with Gasteiger partial charge in [0.1, 0.15) is 11.9 Å². The van der Waals surface area contributed by atoms with E-state index in [1.165, 1.54) is 12.1 Å². The number of ether oxygens (including phenoxy) is 1. The Balaban J connectivity index is 1.97. The maximum absolute atomic E-state index is 12.4. The van der Waals surface area contributed by atoms with E-state index >= 15 is 0 Å². The largest absolute Gasteiger partial charge is 0.489 e. The third-order valence-electron chi connectivity index (χ3n) is 3.17. The van der Waals surface area contributed by atoms with Gasteiger partial charge in [-0.15, -0.1) is 0 Å². The van der Waals surface area contributed by atoms with Crippen LogP contribution in [0.5, 0.6) is 5.75 Å². The van der Waals surface area contributed by atoms with Crippen LogP contribution in [0, 0.1) is 0 Å². The molecular formula is C13H16F3NO. The Morgan fingerprint density at radius 3 is 2.44 bits per heavy atom. The van der Waals surface area contributed by atoms with Crippen molar-refractivity contribution in [3.63, 3.8) is 0 Å². The van der Waals surface area contributed by atoms with Crippen LogP contribution in [0.3, 0.4) is 0 Å². The Morgan fingerprint density at radius 2 is 1.94 bits per heavy atom. The first-order chi connectivity index (χ1) is 8.47. The minimum absolute atomic E-state index is 0.0377. The first-order valence-corrected chi connectivity index (χ1v) is 6.04. The molecule has 1 heterocycles. The molecule has 5 heteroatoms. The van der Waals surface area contributed by atoms with Crippen molar-refractivity contribution in [2.45, 2.75) is 38.1 Å². The molecule has 2 unspecified atom stereocenters. The summed E-state index contributed by atoms with van der Waals surface area (Å²) in [6, 6.07) is 5.11. The molecule has 1 N–H and O–H groups in total. The van der Waals surface area contributed by atoms with E-state index in [0.29, 0.717) is 5.75 Å². The maximum Gasteiger partial charge on any atom is 0.416 e. The smallest absolute Gasteiger partial charge is 0.416 e. The van der Waals surface area contributed by atoms with Crippen molar-refractivity contribution >= 4 is 0 Å². The normalized spacial score (nSPS) is 21.9. The summed E-state index contributed by atoms with van der Waals surface area (Å²) in [5.74, 6) is 0.476. The monoisotopic (exact) mass is 259 g/mol. The van der Waals surface area contributed by atoms with E-state index in [1.54, 1.807) is 0 Å². The molecule has 1 aliphatic rings. The summed E-state index contributed by atoms with van der Waals surface area (Å²) in [7, 11) is 0. The first-order valence-electron chi connectivity index (χ1n) is 6.04. The third-order valence-corrected chi connectivity index (χ3v) is 3.17. The average molecular weight is 259 g/mol. The Bertz CT molecular complexity index is 382. The zero-order valence-electron chi connectivity index (χ0n) is 10.1. The molecule has 1 aliphatic heterocycles. The standard InChI is InChI=1S/C13H16F3NO/c1-9(12-3-2-8-17-12)18-11-6-4-10(5-7-11)13(14,15)16/h4-7,9,12,17H,2-3,8H2,1H3. The molecule has 0 radical (unpaired) electrons. The fourth-order valence-electron chi connectivity index (χ4n) is 2.13. The summed E-state index contributed by atoms with van der Waals surface area (Å²) < 4.78 is 42.8. The lowest BCUT2D eigenvalue weighted by Crippen LogP contribution is -2.36. The Labute approximate surface area is 104 Å². The summed E-state index contributed by atoms with van der Waals surface area (Å²) in [6.45, 7) is 2.91. The number of benzene rings is 1. The zero-order chi connectivity index (χ0) is 13.2. The lowest BCUT2D eigenvalue weighted by atomic mass is 10.1. The molecule has 18 heavy (non-hydrogen) atoms. The van der Waals surface area contributed by atoms with E-state index in [-0.39, 0.29) is 12.1 Å². The quantitative estimate of drug-likeness (QED) is 0.899. The molecule has 0 amide bonds. The maximum atomic E-state index is 12.4. The zero-order valence-corrected chi connectivity index (χ0v) is 10.1. The van der Waals surface area contributed by atoms with E-state index < -0.39 is 11.7 Å². The van der Waals surface area contributed by atoms with Gasteiger partial charge >= 0.3 is 6.18 Å². The van der Waals surface area contributed by atoms with Crippen LogP contribution < -0.4 is 10.1 Å². The van der Waals surface area contributed by atoms with Crippen LogP contribution in [-0.2, 0) is 6.18 Å². The van der Waals surface area contributed by atoms with Crippen molar-refractivity contribution in [1.29, 1.82) is 0 Å². The van der Waals surface area contributed by atoms with E-state index in [1.807, 2.05) is 6.92 Å². The van der Waals surface area contributed by atoms with Crippen molar-refractivity contribution in [3.05, 3.63) is 29.8 Å².